The Morgan fingerprint density at radius 3 is 2.83 bits per heavy atom. The van der Waals surface area contributed by atoms with Gasteiger partial charge in [0.05, 0.1) is 12.6 Å². The van der Waals surface area contributed by atoms with Crippen LogP contribution in [0.4, 0.5) is 4.39 Å². The number of aliphatic hydroxyl groups excluding tert-OH is 1. The molecule has 0 bridgehead atoms. The van der Waals surface area contributed by atoms with E-state index in [0.29, 0.717) is 4.47 Å². The lowest BCUT2D eigenvalue weighted by Gasteiger charge is -2.23. The molecule has 6 heteroatoms. The minimum Gasteiger partial charge on any atom is -0.481 e. The zero-order valence-electron chi connectivity index (χ0n) is 10.2. The summed E-state index contributed by atoms with van der Waals surface area (Å²) in [6, 6.07) is 4.04. The van der Waals surface area contributed by atoms with Gasteiger partial charge in [0.2, 0.25) is 0 Å². The van der Waals surface area contributed by atoms with Crippen molar-refractivity contribution in [3.63, 3.8) is 0 Å². The van der Waals surface area contributed by atoms with Gasteiger partial charge in [0.1, 0.15) is 0 Å². The molecule has 0 fully saturated rings. The Hall–Kier alpha value is -1.14. The average Bonchev–Trinajstić information content (AvgIpc) is 2.35. The van der Waals surface area contributed by atoms with Crippen molar-refractivity contribution >= 4 is 21.8 Å². The van der Waals surface area contributed by atoms with Gasteiger partial charge in [-0.25, -0.2) is 4.39 Å². The quantitative estimate of drug-likeness (QED) is 0.900. The molecule has 1 rings (SSSR count). The predicted octanol–water partition coefficient (Wildman–Crippen LogP) is 1.81. The van der Waals surface area contributed by atoms with Crippen LogP contribution in [-0.4, -0.2) is 42.2 Å². The van der Waals surface area contributed by atoms with E-state index in [1.165, 1.54) is 17.0 Å². The molecule has 1 unspecified atom stereocenters. The minimum absolute atomic E-state index is 0.0246. The lowest BCUT2D eigenvalue weighted by molar-refractivity contribution is -0.134. The number of ether oxygens (including phenoxy) is 1. The van der Waals surface area contributed by atoms with Crippen LogP contribution in [0.25, 0.3) is 0 Å². The molecule has 0 radical (unpaired) electrons. The largest absolute Gasteiger partial charge is 0.481 e. The number of likely N-dealkylation sites (N-methyl/N-ethyl adjacent to an activating group) is 1. The zero-order valence-corrected chi connectivity index (χ0v) is 11.8. The van der Waals surface area contributed by atoms with Crippen molar-refractivity contribution in [2.75, 3.05) is 20.3 Å². The number of halogens is 2. The molecule has 1 N–H and O–H groups in total. The maximum absolute atomic E-state index is 13.4. The van der Waals surface area contributed by atoms with Crippen LogP contribution in [0, 0.1) is 5.82 Å². The molecule has 0 saturated heterocycles. The summed E-state index contributed by atoms with van der Waals surface area (Å²) >= 11 is 3.13. The standard InChI is InChI=1S/C12H15BrFNO3/c1-8(6-16)15(2)12(17)7-18-11-4-3-9(13)5-10(11)14/h3-5,8,16H,6-7H2,1-2H3. The molecule has 4 nitrogen and oxygen atoms in total. The average molecular weight is 320 g/mol. The number of aliphatic hydroxyl groups is 1. The second-order valence-corrected chi connectivity index (χ2v) is 4.82. The first-order valence-electron chi connectivity index (χ1n) is 5.40. The van der Waals surface area contributed by atoms with Crippen LogP contribution in [0.1, 0.15) is 6.92 Å². The summed E-state index contributed by atoms with van der Waals surface area (Å²) in [6.07, 6.45) is 0. The van der Waals surface area contributed by atoms with Gasteiger partial charge >= 0.3 is 0 Å². The van der Waals surface area contributed by atoms with E-state index in [1.54, 1.807) is 20.0 Å². The smallest absolute Gasteiger partial charge is 0.260 e. The molecular weight excluding hydrogens is 305 g/mol. The van der Waals surface area contributed by atoms with Crippen LogP contribution in [-0.2, 0) is 4.79 Å². The van der Waals surface area contributed by atoms with E-state index in [1.807, 2.05) is 0 Å². The number of nitrogens with zero attached hydrogens (tertiary/aromatic N) is 1. The predicted molar refractivity (Wildman–Crippen MR) is 68.9 cm³/mol. The van der Waals surface area contributed by atoms with Crippen LogP contribution in [0.2, 0.25) is 0 Å². The molecule has 1 amide bonds. The fourth-order valence-electron chi connectivity index (χ4n) is 1.20. The van der Waals surface area contributed by atoms with Gasteiger partial charge in [-0.1, -0.05) is 15.9 Å². The fraction of sp³-hybridized carbons (Fsp3) is 0.417. The highest BCUT2D eigenvalue weighted by Gasteiger charge is 2.16. The Kier molecular flexibility index (Phi) is 5.55. The van der Waals surface area contributed by atoms with E-state index in [2.05, 4.69) is 15.9 Å². The van der Waals surface area contributed by atoms with Crippen molar-refractivity contribution in [3.8, 4) is 5.75 Å². The van der Waals surface area contributed by atoms with Crippen molar-refractivity contribution in [3.05, 3.63) is 28.5 Å². The number of benzene rings is 1. The normalized spacial score (nSPS) is 12.1. The van der Waals surface area contributed by atoms with E-state index in [9.17, 15) is 9.18 Å². The molecule has 1 aromatic carbocycles. The highest BCUT2D eigenvalue weighted by Crippen LogP contribution is 2.21. The maximum atomic E-state index is 13.4. The Morgan fingerprint density at radius 1 is 1.61 bits per heavy atom. The molecule has 0 heterocycles. The molecule has 100 valence electrons. The number of rotatable bonds is 5. The molecule has 0 aliphatic heterocycles. The molecule has 1 atom stereocenters. The van der Waals surface area contributed by atoms with E-state index in [0.717, 1.165) is 0 Å². The summed E-state index contributed by atoms with van der Waals surface area (Å²) in [4.78, 5) is 13.0. The first-order chi connectivity index (χ1) is 8.45. The lowest BCUT2D eigenvalue weighted by atomic mass is 10.3. The molecule has 0 saturated carbocycles. The van der Waals surface area contributed by atoms with Gasteiger partial charge in [-0.15, -0.1) is 0 Å². The van der Waals surface area contributed by atoms with Gasteiger partial charge in [0.25, 0.3) is 5.91 Å². The van der Waals surface area contributed by atoms with Crippen LogP contribution in [0.15, 0.2) is 22.7 Å². The number of hydrogen-bond acceptors (Lipinski definition) is 3. The Balaban J connectivity index is 2.57. The van der Waals surface area contributed by atoms with E-state index < -0.39 is 5.82 Å². The Bertz CT molecular complexity index is 428. The summed E-state index contributed by atoms with van der Waals surface area (Å²) in [5.41, 5.74) is 0. The third-order valence-corrected chi connectivity index (χ3v) is 3.06. The lowest BCUT2D eigenvalue weighted by Crippen LogP contribution is -2.40. The summed E-state index contributed by atoms with van der Waals surface area (Å²) in [5.74, 6) is -0.828. The zero-order chi connectivity index (χ0) is 13.7. The molecule has 0 spiro atoms. The topological polar surface area (TPSA) is 49.8 Å². The second kappa shape index (κ2) is 6.70. The first-order valence-corrected chi connectivity index (χ1v) is 6.19. The van der Waals surface area contributed by atoms with Crippen molar-refractivity contribution in [2.24, 2.45) is 0 Å². The molecule has 0 aromatic heterocycles. The Morgan fingerprint density at radius 2 is 2.28 bits per heavy atom. The van der Waals surface area contributed by atoms with E-state index in [-0.39, 0.29) is 30.9 Å². The van der Waals surface area contributed by atoms with E-state index in [4.69, 9.17) is 9.84 Å². The van der Waals surface area contributed by atoms with Gasteiger partial charge in [-0.2, -0.15) is 0 Å². The summed E-state index contributed by atoms with van der Waals surface area (Å²) < 4.78 is 19.1. The van der Waals surface area contributed by atoms with Gasteiger partial charge < -0.3 is 14.7 Å². The van der Waals surface area contributed by atoms with Crippen molar-refractivity contribution in [1.82, 2.24) is 4.90 Å². The minimum atomic E-state index is -0.532. The number of hydrogen-bond donors (Lipinski definition) is 1. The van der Waals surface area contributed by atoms with Gasteiger partial charge in [-0.05, 0) is 25.1 Å². The number of carbonyl (C=O) groups excluding carboxylic acids is 1. The van der Waals surface area contributed by atoms with Crippen LogP contribution < -0.4 is 4.74 Å². The third kappa shape index (κ3) is 3.96. The van der Waals surface area contributed by atoms with Gasteiger partial charge in [0, 0.05) is 11.5 Å². The molecule has 18 heavy (non-hydrogen) atoms. The second-order valence-electron chi connectivity index (χ2n) is 3.90. The SMILES string of the molecule is CC(CO)N(C)C(=O)COc1ccc(Br)cc1F. The first kappa shape index (κ1) is 14.9. The van der Waals surface area contributed by atoms with Crippen molar-refractivity contribution in [1.29, 1.82) is 0 Å². The fourth-order valence-corrected chi connectivity index (χ4v) is 1.54. The third-order valence-electron chi connectivity index (χ3n) is 2.56. The van der Waals surface area contributed by atoms with Crippen molar-refractivity contribution in [2.45, 2.75) is 13.0 Å². The highest BCUT2D eigenvalue weighted by molar-refractivity contribution is 9.10. The van der Waals surface area contributed by atoms with Crippen LogP contribution >= 0.6 is 15.9 Å². The van der Waals surface area contributed by atoms with E-state index >= 15 is 0 Å². The number of carbonyl (C=O) groups is 1. The molecule has 1 aromatic rings. The van der Waals surface area contributed by atoms with Crippen LogP contribution in [0.5, 0.6) is 5.75 Å². The number of amides is 1. The Labute approximate surface area is 113 Å². The summed E-state index contributed by atoms with van der Waals surface area (Å²) in [7, 11) is 1.56. The van der Waals surface area contributed by atoms with Crippen LogP contribution in [0.3, 0.4) is 0 Å². The van der Waals surface area contributed by atoms with Gasteiger partial charge in [-0.3, -0.25) is 4.79 Å². The highest BCUT2D eigenvalue weighted by atomic mass is 79.9. The van der Waals surface area contributed by atoms with Gasteiger partial charge in [0.15, 0.2) is 18.2 Å². The molecule has 0 aliphatic rings. The summed E-state index contributed by atoms with van der Waals surface area (Å²) in [5, 5.41) is 8.91. The summed E-state index contributed by atoms with van der Waals surface area (Å²) in [6.45, 7) is 1.31. The van der Waals surface area contributed by atoms with Crippen molar-refractivity contribution < 1.29 is 19.0 Å². The maximum Gasteiger partial charge on any atom is 0.260 e. The monoisotopic (exact) mass is 319 g/mol. The molecule has 0 aliphatic carbocycles. The molecular formula is C12H15BrFNO3.